The number of ether oxygens (including phenoxy) is 3. The summed E-state index contributed by atoms with van der Waals surface area (Å²) in [6.45, 7) is 9.03. The minimum Gasteiger partial charge on any atom is -0.444 e. The molecule has 0 aliphatic carbocycles. The standard InChI is InChI=1S/C36H42FN5O6S/c1-23-11-12-26-27(13-14-30(37)29(26)22-49(44,45)21-25-9-7-19-46-25)32(23)47-33-28(10-5-16-38-33)31-15-17-39-34(41-31)40-24-8-6-18-42(20-24)35(43)48-36(2,3)4/h5,10-17,24-25H,6-9,18-22H2,1-4H3,(H,39,40,41)/t24-,25+/m0/s1. The van der Waals surface area contributed by atoms with Gasteiger partial charge in [-0.25, -0.2) is 32.6 Å². The van der Waals surface area contributed by atoms with Crippen molar-refractivity contribution in [3.63, 3.8) is 0 Å². The Kier molecular flexibility index (Phi) is 10.0. The zero-order valence-corrected chi connectivity index (χ0v) is 29.1. The molecule has 49 heavy (non-hydrogen) atoms. The molecule has 11 nitrogen and oxygen atoms in total. The number of hydrogen-bond acceptors (Lipinski definition) is 10. The molecule has 6 rings (SSSR count). The van der Waals surface area contributed by atoms with Gasteiger partial charge >= 0.3 is 6.09 Å². The van der Waals surface area contributed by atoms with Crippen LogP contribution in [0.1, 0.15) is 57.6 Å². The Labute approximate surface area is 286 Å². The topological polar surface area (TPSA) is 133 Å². The van der Waals surface area contributed by atoms with Crippen LogP contribution in [0.5, 0.6) is 11.6 Å². The first-order chi connectivity index (χ1) is 23.3. The third-order valence-corrected chi connectivity index (χ3v) is 10.1. The van der Waals surface area contributed by atoms with E-state index in [1.807, 2.05) is 33.8 Å². The van der Waals surface area contributed by atoms with Crippen LogP contribution in [0.4, 0.5) is 15.1 Å². The molecule has 4 heterocycles. The van der Waals surface area contributed by atoms with Gasteiger partial charge in [0.15, 0.2) is 9.84 Å². The Morgan fingerprint density at radius 3 is 2.65 bits per heavy atom. The van der Waals surface area contributed by atoms with Gasteiger partial charge in [0.05, 0.1) is 28.9 Å². The molecular formula is C36H42FN5O6S. The maximum atomic E-state index is 15.2. The number of nitrogens with one attached hydrogen (secondary N) is 1. The first-order valence-electron chi connectivity index (χ1n) is 16.6. The number of amides is 1. The third-order valence-electron chi connectivity index (χ3n) is 8.54. The van der Waals surface area contributed by atoms with Crippen molar-refractivity contribution in [2.45, 2.75) is 76.9 Å². The number of benzene rings is 2. The van der Waals surface area contributed by atoms with Gasteiger partial charge in [-0.15, -0.1) is 0 Å². The van der Waals surface area contributed by atoms with E-state index in [0.717, 1.165) is 24.8 Å². The monoisotopic (exact) mass is 691 g/mol. The summed E-state index contributed by atoms with van der Waals surface area (Å²) in [6.07, 6.45) is 5.70. The first kappa shape index (κ1) is 34.5. The van der Waals surface area contributed by atoms with Crippen LogP contribution in [-0.2, 0) is 25.1 Å². The van der Waals surface area contributed by atoms with E-state index in [2.05, 4.69) is 15.3 Å². The molecule has 2 aliphatic rings. The molecule has 2 aromatic carbocycles. The van der Waals surface area contributed by atoms with E-state index in [1.54, 1.807) is 47.6 Å². The van der Waals surface area contributed by atoms with Crippen molar-refractivity contribution in [2.75, 3.05) is 30.8 Å². The summed E-state index contributed by atoms with van der Waals surface area (Å²) in [6, 6.07) is 11.7. The molecule has 4 aromatic rings. The lowest BCUT2D eigenvalue weighted by molar-refractivity contribution is 0.0206. The van der Waals surface area contributed by atoms with Gasteiger partial charge in [0.1, 0.15) is 17.2 Å². The molecule has 0 bridgehead atoms. The fraction of sp³-hybridized carbons (Fsp3) is 0.444. The number of anilines is 1. The normalized spacial score (nSPS) is 18.4. The predicted molar refractivity (Wildman–Crippen MR) is 185 cm³/mol. The van der Waals surface area contributed by atoms with Crippen LogP contribution in [0.2, 0.25) is 0 Å². The Bertz CT molecular complexity index is 1940. The van der Waals surface area contributed by atoms with Crippen molar-refractivity contribution in [3.8, 4) is 22.9 Å². The molecule has 0 spiro atoms. The van der Waals surface area contributed by atoms with Gasteiger partial charge in [-0.1, -0.05) is 12.1 Å². The van der Waals surface area contributed by atoms with E-state index in [4.69, 9.17) is 19.2 Å². The maximum Gasteiger partial charge on any atom is 0.410 e. The molecule has 1 N–H and O–H groups in total. The van der Waals surface area contributed by atoms with Gasteiger partial charge in [0.25, 0.3) is 0 Å². The summed E-state index contributed by atoms with van der Waals surface area (Å²) < 4.78 is 59.0. The quantitative estimate of drug-likeness (QED) is 0.199. The number of halogens is 1. The van der Waals surface area contributed by atoms with Crippen LogP contribution >= 0.6 is 0 Å². The average Bonchev–Trinajstić information content (AvgIpc) is 3.55. The Morgan fingerprint density at radius 1 is 1.06 bits per heavy atom. The van der Waals surface area contributed by atoms with E-state index in [-0.39, 0.29) is 35.4 Å². The first-order valence-corrected chi connectivity index (χ1v) is 18.4. The Balaban J connectivity index is 1.25. The fourth-order valence-corrected chi connectivity index (χ4v) is 7.94. The number of fused-ring (bicyclic) bond motifs is 1. The molecule has 2 saturated heterocycles. The summed E-state index contributed by atoms with van der Waals surface area (Å²) >= 11 is 0. The number of carbonyl (C=O) groups excluding carboxylic acids is 1. The highest BCUT2D eigenvalue weighted by atomic mass is 32.2. The smallest absolute Gasteiger partial charge is 0.410 e. The van der Waals surface area contributed by atoms with Crippen LogP contribution in [0.25, 0.3) is 22.0 Å². The van der Waals surface area contributed by atoms with Gasteiger partial charge in [-0.2, -0.15) is 0 Å². The number of piperidine rings is 1. The van der Waals surface area contributed by atoms with Crippen LogP contribution in [0.3, 0.4) is 0 Å². The molecule has 2 aliphatic heterocycles. The number of hydrogen-bond donors (Lipinski definition) is 1. The SMILES string of the molecule is Cc1ccc2c(CS(=O)(=O)C[C@H]3CCCO3)c(F)ccc2c1Oc1ncccc1-c1ccnc(N[C@H]2CCCN(C(=O)OC(C)(C)C)C2)n1. The highest BCUT2D eigenvalue weighted by Gasteiger charge is 2.29. The highest BCUT2D eigenvalue weighted by molar-refractivity contribution is 7.90. The van der Waals surface area contributed by atoms with Gasteiger partial charge in [-0.3, -0.25) is 0 Å². The van der Waals surface area contributed by atoms with Crippen molar-refractivity contribution in [1.82, 2.24) is 19.9 Å². The molecule has 0 unspecified atom stereocenters. The number of rotatable bonds is 9. The predicted octanol–water partition coefficient (Wildman–Crippen LogP) is 6.84. The van der Waals surface area contributed by atoms with Crippen molar-refractivity contribution in [1.29, 1.82) is 0 Å². The molecule has 2 fully saturated rings. The molecular weight excluding hydrogens is 649 g/mol. The number of pyridine rings is 1. The molecule has 0 radical (unpaired) electrons. The van der Waals surface area contributed by atoms with E-state index >= 15 is 4.39 Å². The van der Waals surface area contributed by atoms with Crippen LogP contribution < -0.4 is 10.1 Å². The minimum atomic E-state index is -3.65. The lowest BCUT2D eigenvalue weighted by Crippen LogP contribution is -2.47. The average molecular weight is 692 g/mol. The van der Waals surface area contributed by atoms with E-state index in [1.165, 1.54) is 6.07 Å². The van der Waals surface area contributed by atoms with Crippen LogP contribution in [0.15, 0.2) is 54.9 Å². The third kappa shape index (κ3) is 8.45. The van der Waals surface area contributed by atoms with Gasteiger partial charge in [0.2, 0.25) is 11.8 Å². The number of nitrogens with zero attached hydrogens (tertiary/aromatic N) is 4. The van der Waals surface area contributed by atoms with Crippen molar-refractivity contribution < 1.29 is 31.8 Å². The van der Waals surface area contributed by atoms with Gasteiger partial charge in [-0.05, 0) is 94.7 Å². The summed E-state index contributed by atoms with van der Waals surface area (Å²) in [4.78, 5) is 28.1. The van der Waals surface area contributed by atoms with Crippen molar-refractivity contribution in [2.24, 2.45) is 0 Å². The Hall–Kier alpha value is -4.36. The minimum absolute atomic E-state index is 0.0661. The highest BCUT2D eigenvalue weighted by Crippen LogP contribution is 2.38. The number of aromatic nitrogens is 3. The van der Waals surface area contributed by atoms with Crippen molar-refractivity contribution in [3.05, 3.63) is 71.8 Å². The summed E-state index contributed by atoms with van der Waals surface area (Å²) in [7, 11) is -3.65. The second-order valence-electron chi connectivity index (χ2n) is 13.7. The summed E-state index contributed by atoms with van der Waals surface area (Å²) in [5.74, 6) is -0.0755. The zero-order chi connectivity index (χ0) is 34.8. The second kappa shape index (κ2) is 14.2. The lowest BCUT2D eigenvalue weighted by Gasteiger charge is -2.34. The number of carbonyl (C=O) groups is 1. The second-order valence-corrected chi connectivity index (χ2v) is 15.8. The van der Waals surface area contributed by atoms with E-state index in [9.17, 15) is 13.2 Å². The molecule has 2 aromatic heterocycles. The summed E-state index contributed by atoms with van der Waals surface area (Å²) in [5.41, 5.74) is 1.45. The van der Waals surface area contributed by atoms with Gasteiger partial charge < -0.3 is 24.4 Å². The van der Waals surface area contributed by atoms with Crippen molar-refractivity contribution >= 4 is 32.7 Å². The van der Waals surface area contributed by atoms with E-state index < -0.39 is 27.0 Å². The molecule has 260 valence electrons. The van der Waals surface area contributed by atoms with E-state index in [0.29, 0.717) is 59.8 Å². The molecule has 13 heteroatoms. The molecule has 2 atom stereocenters. The van der Waals surface area contributed by atoms with Crippen LogP contribution in [-0.4, -0.2) is 77.6 Å². The fourth-order valence-electron chi connectivity index (χ4n) is 6.25. The lowest BCUT2D eigenvalue weighted by atomic mass is 10.0. The largest absolute Gasteiger partial charge is 0.444 e. The van der Waals surface area contributed by atoms with Gasteiger partial charge in [0, 0.05) is 49.1 Å². The summed E-state index contributed by atoms with van der Waals surface area (Å²) in [5, 5.41) is 4.39. The zero-order valence-electron chi connectivity index (χ0n) is 28.2. The number of sulfone groups is 1. The number of likely N-dealkylation sites (tertiary alicyclic amines) is 1. The molecule has 0 saturated carbocycles. The Morgan fingerprint density at radius 2 is 1.88 bits per heavy atom. The number of aryl methyl sites for hydroxylation is 1. The molecule has 1 amide bonds. The van der Waals surface area contributed by atoms with Crippen LogP contribution in [0, 0.1) is 12.7 Å². The maximum absolute atomic E-state index is 15.2.